The number of hydrogen-bond acceptors (Lipinski definition) is 3. The minimum Gasteiger partial charge on any atom is -0.484 e. The lowest BCUT2D eigenvalue weighted by molar-refractivity contribution is -0.140. The zero-order valence-electron chi connectivity index (χ0n) is 19.0. The van der Waals surface area contributed by atoms with Crippen LogP contribution in [0.15, 0.2) is 78.9 Å². The summed E-state index contributed by atoms with van der Waals surface area (Å²) in [7, 11) is 0. The Bertz CT molecular complexity index is 1120. The molecule has 0 aliphatic carbocycles. The molecule has 5 nitrogen and oxygen atoms in total. The molecule has 2 amide bonds. The summed E-state index contributed by atoms with van der Waals surface area (Å²) >= 11 is 0. The fraction of sp³-hybridized carbons (Fsp3) is 0.286. The Morgan fingerprint density at radius 1 is 0.939 bits per heavy atom. The van der Waals surface area contributed by atoms with Crippen molar-refractivity contribution in [2.24, 2.45) is 11.1 Å². The van der Waals surface area contributed by atoms with E-state index in [1.165, 1.54) is 11.1 Å². The van der Waals surface area contributed by atoms with Gasteiger partial charge in [-0.3, -0.25) is 9.59 Å². The van der Waals surface area contributed by atoms with Gasteiger partial charge < -0.3 is 15.4 Å². The van der Waals surface area contributed by atoms with Crippen molar-refractivity contribution in [3.8, 4) is 16.9 Å². The van der Waals surface area contributed by atoms with E-state index in [-0.39, 0.29) is 18.4 Å². The van der Waals surface area contributed by atoms with Gasteiger partial charge in [0.25, 0.3) is 5.91 Å². The summed E-state index contributed by atoms with van der Waals surface area (Å²) in [5.41, 5.74) is 9.88. The van der Waals surface area contributed by atoms with Crippen LogP contribution >= 0.6 is 0 Å². The average molecular weight is 443 g/mol. The van der Waals surface area contributed by atoms with Gasteiger partial charge in [0.15, 0.2) is 6.61 Å². The minimum atomic E-state index is -0.651. The maximum atomic E-state index is 12.6. The van der Waals surface area contributed by atoms with Gasteiger partial charge in [0, 0.05) is 13.1 Å². The molecule has 3 aromatic rings. The van der Waals surface area contributed by atoms with Gasteiger partial charge in [-0.05, 0) is 60.6 Å². The van der Waals surface area contributed by atoms with Crippen LogP contribution < -0.4 is 10.5 Å². The second-order valence-corrected chi connectivity index (χ2v) is 8.82. The van der Waals surface area contributed by atoms with Gasteiger partial charge in [0.1, 0.15) is 5.75 Å². The summed E-state index contributed by atoms with van der Waals surface area (Å²) in [5.74, 6) is 0.303. The summed E-state index contributed by atoms with van der Waals surface area (Å²) in [5, 5.41) is 0. The predicted molar refractivity (Wildman–Crippen MR) is 130 cm³/mol. The van der Waals surface area contributed by atoms with Crippen molar-refractivity contribution in [1.29, 1.82) is 0 Å². The van der Waals surface area contributed by atoms with Gasteiger partial charge in [-0.15, -0.1) is 0 Å². The Hall–Kier alpha value is -3.60. The number of nitrogens with two attached hydrogens (primary N) is 1. The van der Waals surface area contributed by atoms with Gasteiger partial charge in [0.05, 0.1) is 5.41 Å². The molecule has 0 unspecified atom stereocenters. The van der Waals surface area contributed by atoms with E-state index in [2.05, 4.69) is 37.3 Å². The molecule has 1 aliphatic rings. The maximum Gasteiger partial charge on any atom is 0.260 e. The third kappa shape index (κ3) is 5.25. The Morgan fingerprint density at radius 2 is 1.64 bits per heavy atom. The number of primary amides is 1. The molecule has 0 spiro atoms. The molecular weight excluding hydrogens is 412 g/mol. The van der Waals surface area contributed by atoms with Crippen LogP contribution in [0, 0.1) is 12.3 Å². The predicted octanol–water partition coefficient (Wildman–Crippen LogP) is 4.38. The maximum absolute atomic E-state index is 12.6. The van der Waals surface area contributed by atoms with Crippen LogP contribution in [0.25, 0.3) is 11.1 Å². The van der Waals surface area contributed by atoms with Crippen molar-refractivity contribution in [3.63, 3.8) is 0 Å². The summed E-state index contributed by atoms with van der Waals surface area (Å²) < 4.78 is 5.60. The molecule has 3 aromatic carbocycles. The third-order valence-electron chi connectivity index (χ3n) is 6.63. The molecule has 0 aromatic heterocycles. The number of aryl methyl sites for hydroxylation is 1. The number of benzene rings is 3. The molecule has 170 valence electrons. The van der Waals surface area contributed by atoms with Crippen LogP contribution in [0.2, 0.25) is 0 Å². The first-order chi connectivity index (χ1) is 16.0. The third-order valence-corrected chi connectivity index (χ3v) is 6.63. The molecule has 0 saturated carbocycles. The first-order valence-corrected chi connectivity index (χ1v) is 11.4. The van der Waals surface area contributed by atoms with E-state index in [1.54, 1.807) is 4.90 Å². The molecule has 2 N–H and O–H groups in total. The average Bonchev–Trinajstić information content (AvgIpc) is 2.84. The van der Waals surface area contributed by atoms with E-state index in [0.717, 1.165) is 11.1 Å². The largest absolute Gasteiger partial charge is 0.484 e. The number of para-hydroxylation sites is 1. The number of piperidine rings is 1. The van der Waals surface area contributed by atoms with Crippen LogP contribution in [-0.2, 0) is 16.0 Å². The second-order valence-electron chi connectivity index (χ2n) is 8.82. The minimum absolute atomic E-state index is 0.00788. The molecule has 1 fully saturated rings. The number of hydrogen-bond donors (Lipinski definition) is 1. The smallest absolute Gasteiger partial charge is 0.260 e. The van der Waals surface area contributed by atoms with E-state index < -0.39 is 5.41 Å². The number of rotatable bonds is 7. The zero-order chi connectivity index (χ0) is 23.3. The highest BCUT2D eigenvalue weighted by Crippen LogP contribution is 2.36. The van der Waals surface area contributed by atoms with E-state index >= 15 is 0 Å². The molecule has 1 saturated heterocycles. The van der Waals surface area contributed by atoms with E-state index in [4.69, 9.17) is 10.5 Å². The lowest BCUT2D eigenvalue weighted by Gasteiger charge is -2.39. The lowest BCUT2D eigenvalue weighted by atomic mass is 9.73. The molecule has 0 radical (unpaired) electrons. The topological polar surface area (TPSA) is 72.6 Å². The van der Waals surface area contributed by atoms with Crippen molar-refractivity contribution >= 4 is 11.8 Å². The fourth-order valence-electron chi connectivity index (χ4n) is 4.58. The number of amides is 2. The van der Waals surface area contributed by atoms with Crippen molar-refractivity contribution in [2.75, 3.05) is 19.7 Å². The number of nitrogens with zero attached hydrogens (tertiary/aromatic N) is 1. The van der Waals surface area contributed by atoms with Gasteiger partial charge in [0.2, 0.25) is 5.91 Å². The highest BCUT2D eigenvalue weighted by molar-refractivity contribution is 5.83. The fourth-order valence-corrected chi connectivity index (χ4v) is 4.58. The lowest BCUT2D eigenvalue weighted by Crippen LogP contribution is -2.50. The van der Waals surface area contributed by atoms with Crippen molar-refractivity contribution in [1.82, 2.24) is 4.90 Å². The molecule has 0 bridgehead atoms. The molecule has 4 rings (SSSR count). The standard InChI is InChI=1S/C28H30N2O3/c1-21-8-5-6-13-25(21)23-10-7-9-22(18-23)19-28(27(29)32)14-16-30(17-15-28)26(31)20-33-24-11-3-2-4-12-24/h2-13,18H,14-17,19-20H2,1H3,(H2,29,32). The van der Waals surface area contributed by atoms with Gasteiger partial charge in [-0.1, -0.05) is 66.7 Å². The Kier molecular flexibility index (Phi) is 6.78. The van der Waals surface area contributed by atoms with Crippen molar-refractivity contribution in [2.45, 2.75) is 26.2 Å². The van der Waals surface area contributed by atoms with Crippen LogP contribution in [0.1, 0.15) is 24.0 Å². The van der Waals surface area contributed by atoms with E-state index in [1.807, 2.05) is 48.5 Å². The summed E-state index contributed by atoms with van der Waals surface area (Å²) in [6.07, 6.45) is 1.67. The Labute approximate surface area is 195 Å². The van der Waals surface area contributed by atoms with E-state index in [0.29, 0.717) is 38.1 Å². The zero-order valence-corrected chi connectivity index (χ0v) is 19.0. The normalized spacial score (nSPS) is 15.1. The first kappa shape index (κ1) is 22.6. The second kappa shape index (κ2) is 9.90. The highest BCUT2D eigenvalue weighted by Gasteiger charge is 2.41. The van der Waals surface area contributed by atoms with Crippen molar-refractivity contribution in [3.05, 3.63) is 90.0 Å². The van der Waals surface area contributed by atoms with Crippen LogP contribution in [-0.4, -0.2) is 36.4 Å². The quantitative estimate of drug-likeness (QED) is 0.590. The monoisotopic (exact) mass is 442 g/mol. The number of ether oxygens (including phenoxy) is 1. The summed E-state index contributed by atoms with van der Waals surface area (Å²) in [4.78, 5) is 27.0. The molecule has 33 heavy (non-hydrogen) atoms. The van der Waals surface area contributed by atoms with Crippen molar-refractivity contribution < 1.29 is 14.3 Å². The molecule has 1 heterocycles. The number of likely N-dealkylation sites (tertiary alicyclic amines) is 1. The van der Waals surface area contributed by atoms with Crippen LogP contribution in [0.4, 0.5) is 0 Å². The summed E-state index contributed by atoms with van der Waals surface area (Å²) in [6, 6.07) is 25.9. The van der Waals surface area contributed by atoms with Gasteiger partial charge in [-0.2, -0.15) is 0 Å². The van der Waals surface area contributed by atoms with Gasteiger partial charge in [-0.25, -0.2) is 0 Å². The van der Waals surface area contributed by atoms with E-state index in [9.17, 15) is 9.59 Å². The molecule has 0 atom stereocenters. The molecule has 1 aliphatic heterocycles. The Morgan fingerprint density at radius 3 is 2.33 bits per heavy atom. The van der Waals surface area contributed by atoms with Crippen LogP contribution in [0.3, 0.4) is 0 Å². The first-order valence-electron chi connectivity index (χ1n) is 11.4. The highest BCUT2D eigenvalue weighted by atomic mass is 16.5. The molecule has 5 heteroatoms. The number of carbonyl (C=O) groups is 2. The van der Waals surface area contributed by atoms with Gasteiger partial charge >= 0.3 is 0 Å². The SMILES string of the molecule is Cc1ccccc1-c1cccc(CC2(C(N)=O)CCN(C(=O)COc3ccccc3)CC2)c1. The molecular formula is C28H30N2O3. The van der Waals surface area contributed by atoms with Crippen LogP contribution in [0.5, 0.6) is 5.75 Å². The Balaban J connectivity index is 1.42. The summed E-state index contributed by atoms with van der Waals surface area (Å²) in [6.45, 7) is 3.09. The number of carbonyl (C=O) groups excluding carboxylic acids is 2.